The second-order valence-electron chi connectivity index (χ2n) is 7.59. The first-order chi connectivity index (χ1) is 13.6. The number of benzene rings is 2. The number of carbonyl (C=O) groups excluding carboxylic acids is 2. The lowest BCUT2D eigenvalue weighted by atomic mass is 10.0. The molecular weight excluding hydrogens is 370 g/mol. The van der Waals surface area contributed by atoms with Gasteiger partial charge in [0, 0.05) is 36.8 Å². The summed E-state index contributed by atoms with van der Waals surface area (Å²) in [4.78, 5) is 28.2. The van der Waals surface area contributed by atoms with Crippen molar-refractivity contribution in [1.82, 2.24) is 10.2 Å². The van der Waals surface area contributed by atoms with Gasteiger partial charge in [-0.3, -0.25) is 9.59 Å². The monoisotopic (exact) mass is 395 g/mol. The number of anilines is 1. The molecule has 28 heavy (non-hydrogen) atoms. The molecule has 2 aromatic rings. The average molecular weight is 396 g/mol. The minimum Gasteiger partial charge on any atom is -0.338 e. The largest absolute Gasteiger partial charge is 0.338 e. The van der Waals surface area contributed by atoms with E-state index in [1.54, 1.807) is 0 Å². The number of fused-ring (bicyclic) bond motifs is 1. The minimum atomic E-state index is -0.0714. The predicted molar refractivity (Wildman–Crippen MR) is 113 cm³/mol. The molecule has 2 aromatic carbocycles. The van der Waals surface area contributed by atoms with Crippen LogP contribution in [0.1, 0.15) is 15.9 Å². The van der Waals surface area contributed by atoms with Gasteiger partial charge in [-0.2, -0.15) is 0 Å². The lowest BCUT2D eigenvalue weighted by molar-refractivity contribution is -0.113. The van der Waals surface area contributed by atoms with Gasteiger partial charge in [-0.15, -0.1) is 11.8 Å². The number of nitrogens with zero attached hydrogens (tertiary/aromatic N) is 1. The Morgan fingerprint density at radius 2 is 1.75 bits per heavy atom. The minimum absolute atomic E-state index is 0.0714. The normalized spacial score (nSPS) is 20.8. The van der Waals surface area contributed by atoms with Gasteiger partial charge in [0.15, 0.2) is 0 Å². The second-order valence-corrected chi connectivity index (χ2v) is 8.60. The summed E-state index contributed by atoms with van der Waals surface area (Å²) < 4.78 is 0. The molecule has 146 valence electrons. The van der Waals surface area contributed by atoms with E-state index in [-0.39, 0.29) is 17.6 Å². The third kappa shape index (κ3) is 4.23. The van der Waals surface area contributed by atoms with Gasteiger partial charge in [-0.1, -0.05) is 29.8 Å². The topological polar surface area (TPSA) is 61.4 Å². The third-order valence-electron chi connectivity index (χ3n) is 5.49. The molecule has 0 bridgehead atoms. The molecule has 2 aliphatic heterocycles. The maximum Gasteiger partial charge on any atom is 0.255 e. The van der Waals surface area contributed by atoms with Crippen molar-refractivity contribution in [3.8, 4) is 0 Å². The number of nitrogens with one attached hydrogen (secondary N) is 2. The molecule has 5 nitrogen and oxygen atoms in total. The van der Waals surface area contributed by atoms with E-state index in [1.807, 2.05) is 60.4 Å². The van der Waals surface area contributed by atoms with Gasteiger partial charge in [0.05, 0.1) is 11.3 Å². The molecule has 0 spiro atoms. The summed E-state index contributed by atoms with van der Waals surface area (Å²) in [6.45, 7) is 5.67. The third-order valence-corrected chi connectivity index (χ3v) is 6.56. The molecule has 2 heterocycles. The van der Waals surface area contributed by atoms with Crippen LogP contribution in [0.15, 0.2) is 53.4 Å². The lowest BCUT2D eigenvalue weighted by Crippen LogP contribution is -2.32. The summed E-state index contributed by atoms with van der Waals surface area (Å²) >= 11 is 1.41. The van der Waals surface area contributed by atoms with Crippen molar-refractivity contribution in [2.24, 2.45) is 11.8 Å². The highest BCUT2D eigenvalue weighted by Crippen LogP contribution is 2.30. The van der Waals surface area contributed by atoms with E-state index in [9.17, 15) is 9.59 Å². The zero-order chi connectivity index (χ0) is 19.5. The van der Waals surface area contributed by atoms with Crippen LogP contribution in [0.4, 0.5) is 5.69 Å². The van der Waals surface area contributed by atoms with Gasteiger partial charge >= 0.3 is 0 Å². The second kappa shape index (κ2) is 8.37. The number of hydrogen-bond acceptors (Lipinski definition) is 4. The standard InChI is InChI=1S/C22H25N3O2S/c1-15-6-8-18(9-7-15)24-21(26)14-28-20-5-3-2-4-19(20)22(27)25-12-16-10-23-11-17(16)13-25/h2-9,16-17,23H,10-14H2,1H3,(H,24,26)/t16-,17+. The Kier molecular flexibility index (Phi) is 5.69. The Bertz CT molecular complexity index is 856. The Hall–Kier alpha value is -2.31. The molecule has 2 amide bonds. The van der Waals surface area contributed by atoms with Crippen LogP contribution in [0, 0.1) is 18.8 Å². The fraction of sp³-hybridized carbons (Fsp3) is 0.364. The van der Waals surface area contributed by atoms with Crippen LogP contribution >= 0.6 is 11.8 Å². The molecule has 0 aromatic heterocycles. The number of likely N-dealkylation sites (tertiary alicyclic amines) is 1. The molecule has 6 heteroatoms. The molecule has 0 radical (unpaired) electrons. The van der Waals surface area contributed by atoms with E-state index in [1.165, 1.54) is 11.8 Å². The van der Waals surface area contributed by atoms with Crippen LogP contribution in [-0.4, -0.2) is 48.6 Å². The molecule has 0 aliphatic carbocycles. The van der Waals surface area contributed by atoms with Gasteiger partial charge in [-0.05, 0) is 43.0 Å². The number of thioether (sulfide) groups is 1. The van der Waals surface area contributed by atoms with E-state index in [2.05, 4.69) is 10.6 Å². The molecule has 2 saturated heterocycles. The van der Waals surface area contributed by atoms with Gasteiger partial charge in [0.25, 0.3) is 5.91 Å². The van der Waals surface area contributed by atoms with E-state index < -0.39 is 0 Å². The van der Waals surface area contributed by atoms with E-state index in [4.69, 9.17) is 0 Å². The van der Waals surface area contributed by atoms with E-state index in [0.29, 0.717) is 17.4 Å². The quantitative estimate of drug-likeness (QED) is 0.764. The summed E-state index contributed by atoms with van der Waals surface area (Å²) in [7, 11) is 0. The van der Waals surface area contributed by atoms with Gasteiger partial charge in [-0.25, -0.2) is 0 Å². The van der Waals surface area contributed by atoms with Crippen LogP contribution in [-0.2, 0) is 4.79 Å². The molecule has 2 fully saturated rings. The Morgan fingerprint density at radius 1 is 1.07 bits per heavy atom. The molecule has 2 N–H and O–H groups in total. The maximum absolute atomic E-state index is 13.1. The zero-order valence-corrected chi connectivity index (χ0v) is 16.8. The number of carbonyl (C=O) groups is 2. The molecule has 2 atom stereocenters. The van der Waals surface area contributed by atoms with Crippen molar-refractivity contribution >= 4 is 29.3 Å². The van der Waals surface area contributed by atoms with Crippen molar-refractivity contribution in [2.45, 2.75) is 11.8 Å². The van der Waals surface area contributed by atoms with Crippen molar-refractivity contribution in [3.05, 3.63) is 59.7 Å². The number of rotatable bonds is 5. The highest BCUT2D eigenvalue weighted by atomic mass is 32.2. The molecular formula is C22H25N3O2S. The van der Waals surface area contributed by atoms with E-state index in [0.717, 1.165) is 42.3 Å². The summed E-state index contributed by atoms with van der Waals surface area (Å²) in [5.41, 5.74) is 2.64. The van der Waals surface area contributed by atoms with Gasteiger partial charge in [0.2, 0.25) is 5.91 Å². The van der Waals surface area contributed by atoms with Crippen LogP contribution in [0.5, 0.6) is 0 Å². The highest BCUT2D eigenvalue weighted by molar-refractivity contribution is 8.00. The van der Waals surface area contributed by atoms with Crippen LogP contribution < -0.4 is 10.6 Å². The van der Waals surface area contributed by atoms with Crippen molar-refractivity contribution in [2.75, 3.05) is 37.2 Å². The fourth-order valence-corrected chi connectivity index (χ4v) is 4.78. The van der Waals surface area contributed by atoms with Crippen LogP contribution in [0.3, 0.4) is 0 Å². The zero-order valence-electron chi connectivity index (χ0n) is 16.0. The molecule has 4 rings (SSSR count). The summed E-state index contributed by atoms with van der Waals surface area (Å²) in [5.74, 6) is 1.43. The molecule has 0 unspecified atom stereocenters. The maximum atomic E-state index is 13.1. The number of amides is 2. The average Bonchev–Trinajstić information content (AvgIpc) is 3.30. The Morgan fingerprint density at radius 3 is 2.46 bits per heavy atom. The number of hydrogen-bond donors (Lipinski definition) is 2. The first kappa shape index (κ1) is 19.0. The van der Waals surface area contributed by atoms with Gasteiger partial charge < -0.3 is 15.5 Å². The number of aryl methyl sites for hydroxylation is 1. The van der Waals surface area contributed by atoms with E-state index >= 15 is 0 Å². The summed E-state index contributed by atoms with van der Waals surface area (Å²) in [5, 5.41) is 6.31. The molecule has 0 saturated carbocycles. The Balaban J connectivity index is 1.38. The lowest BCUT2D eigenvalue weighted by Gasteiger charge is -2.19. The highest BCUT2D eigenvalue weighted by Gasteiger charge is 2.38. The first-order valence-electron chi connectivity index (χ1n) is 9.68. The predicted octanol–water partition coefficient (Wildman–Crippen LogP) is 3.02. The summed E-state index contributed by atoms with van der Waals surface area (Å²) in [6.07, 6.45) is 0. The SMILES string of the molecule is Cc1ccc(NC(=O)CSc2ccccc2C(=O)N2C[C@H]3CNC[C@H]3C2)cc1. The van der Waals surface area contributed by atoms with Crippen LogP contribution in [0.2, 0.25) is 0 Å². The molecule has 2 aliphatic rings. The fourth-order valence-electron chi connectivity index (χ4n) is 3.94. The van der Waals surface area contributed by atoms with Crippen molar-refractivity contribution in [1.29, 1.82) is 0 Å². The smallest absolute Gasteiger partial charge is 0.255 e. The first-order valence-corrected chi connectivity index (χ1v) is 10.7. The van der Waals surface area contributed by atoms with Crippen molar-refractivity contribution < 1.29 is 9.59 Å². The van der Waals surface area contributed by atoms with Gasteiger partial charge in [0.1, 0.15) is 0 Å². The van der Waals surface area contributed by atoms with Crippen LogP contribution in [0.25, 0.3) is 0 Å². The Labute approximate surface area is 169 Å². The summed E-state index contributed by atoms with van der Waals surface area (Å²) in [6, 6.07) is 15.3. The van der Waals surface area contributed by atoms with Crippen molar-refractivity contribution in [3.63, 3.8) is 0 Å².